The van der Waals surface area contributed by atoms with Gasteiger partial charge in [0.25, 0.3) is 0 Å². The number of thiophene rings is 1. The Labute approximate surface area is 287 Å². The molecule has 0 atom stereocenters. The first-order chi connectivity index (χ1) is 24.3. The smallest absolute Gasteiger partial charge is 0.160 e. The summed E-state index contributed by atoms with van der Waals surface area (Å²) in [4.78, 5) is 10.5. The molecule has 2 nitrogen and oxygen atoms in total. The van der Waals surface area contributed by atoms with Crippen LogP contribution in [0.4, 0.5) is 0 Å². The molecule has 0 radical (unpaired) electrons. The first kappa shape index (κ1) is 27.9. The van der Waals surface area contributed by atoms with Crippen molar-refractivity contribution in [1.82, 2.24) is 9.97 Å². The van der Waals surface area contributed by atoms with Crippen LogP contribution in [0.2, 0.25) is 0 Å². The zero-order chi connectivity index (χ0) is 32.3. The normalized spacial score (nSPS) is 11.7. The summed E-state index contributed by atoms with van der Waals surface area (Å²) in [5.41, 5.74) is 7.36. The number of fused-ring (bicyclic) bond motifs is 9. The van der Waals surface area contributed by atoms with E-state index in [1.165, 1.54) is 58.1 Å². The molecule has 0 aliphatic rings. The fraction of sp³-hybridized carbons (Fsp3) is 0. The monoisotopic (exact) mass is 640 g/mol. The number of aromatic nitrogens is 2. The van der Waals surface area contributed by atoms with Gasteiger partial charge in [-0.1, -0.05) is 152 Å². The molecule has 0 unspecified atom stereocenters. The van der Waals surface area contributed by atoms with E-state index in [4.69, 9.17) is 9.97 Å². The number of hydrogen-bond donors (Lipinski definition) is 0. The summed E-state index contributed by atoms with van der Waals surface area (Å²) in [6, 6.07) is 60.8. The molecule has 10 rings (SSSR count). The predicted octanol–water partition coefficient (Wildman–Crippen LogP) is 13.0. The van der Waals surface area contributed by atoms with E-state index in [-0.39, 0.29) is 0 Å². The maximum Gasteiger partial charge on any atom is 0.160 e. The van der Waals surface area contributed by atoms with E-state index >= 15 is 0 Å². The molecular weight excluding hydrogens is 613 g/mol. The lowest BCUT2D eigenvalue weighted by Crippen LogP contribution is -1.97. The predicted molar refractivity (Wildman–Crippen MR) is 209 cm³/mol. The van der Waals surface area contributed by atoms with Crippen LogP contribution in [0.15, 0.2) is 170 Å². The minimum Gasteiger partial charge on any atom is -0.228 e. The third-order valence-corrected chi connectivity index (χ3v) is 10.9. The average Bonchev–Trinajstić information content (AvgIpc) is 3.57. The van der Waals surface area contributed by atoms with E-state index in [1.54, 1.807) is 0 Å². The van der Waals surface area contributed by atoms with Gasteiger partial charge >= 0.3 is 0 Å². The lowest BCUT2D eigenvalue weighted by molar-refractivity contribution is 1.19. The highest BCUT2D eigenvalue weighted by Gasteiger charge is 2.20. The van der Waals surface area contributed by atoms with Crippen molar-refractivity contribution in [2.75, 3.05) is 0 Å². The van der Waals surface area contributed by atoms with Crippen molar-refractivity contribution in [3.63, 3.8) is 0 Å². The summed E-state index contributed by atoms with van der Waals surface area (Å²) in [5, 5.41) is 10.1. The van der Waals surface area contributed by atoms with E-state index in [0.717, 1.165) is 39.5 Å². The second-order valence-electron chi connectivity index (χ2n) is 12.5. The van der Waals surface area contributed by atoms with Gasteiger partial charge in [-0.05, 0) is 61.6 Å². The zero-order valence-corrected chi connectivity index (χ0v) is 27.3. The number of benzene rings is 8. The van der Waals surface area contributed by atoms with Crippen molar-refractivity contribution in [3.05, 3.63) is 170 Å². The standard InChI is InChI=1S/C46H28N2S/c1-3-13-29(14-4-1)41-28-42(48-46(47-41)30-15-5-2-6-16-30)44-32(25-26-39-38-21-11-12-22-43(38)49-45(39)44)31-23-24-37-35-19-8-7-17-33(35)34-18-9-10-20-36(34)40(37)27-31/h1-28H. The highest BCUT2D eigenvalue weighted by atomic mass is 32.1. The molecule has 0 fully saturated rings. The van der Waals surface area contributed by atoms with Crippen LogP contribution in [0.1, 0.15) is 0 Å². The van der Waals surface area contributed by atoms with Gasteiger partial charge in [-0.2, -0.15) is 0 Å². The second-order valence-corrected chi connectivity index (χ2v) is 13.6. The van der Waals surface area contributed by atoms with Gasteiger partial charge in [-0.3, -0.25) is 0 Å². The van der Waals surface area contributed by atoms with Gasteiger partial charge in [0, 0.05) is 36.9 Å². The molecule has 10 aromatic rings. The average molecular weight is 641 g/mol. The fourth-order valence-electron chi connectivity index (χ4n) is 7.41. The molecule has 0 aliphatic carbocycles. The molecular formula is C46H28N2S. The molecule has 0 spiro atoms. The topological polar surface area (TPSA) is 25.8 Å². The minimum atomic E-state index is 0.719. The van der Waals surface area contributed by atoms with Crippen molar-refractivity contribution in [2.45, 2.75) is 0 Å². The van der Waals surface area contributed by atoms with Crippen LogP contribution in [-0.4, -0.2) is 9.97 Å². The summed E-state index contributed by atoms with van der Waals surface area (Å²) < 4.78 is 2.51. The molecule has 228 valence electrons. The van der Waals surface area contributed by atoms with Gasteiger partial charge in [-0.15, -0.1) is 11.3 Å². The molecule has 3 heteroatoms. The molecule has 8 aromatic carbocycles. The van der Waals surface area contributed by atoms with Crippen molar-refractivity contribution >= 4 is 63.8 Å². The summed E-state index contributed by atoms with van der Waals surface area (Å²) in [5.74, 6) is 0.719. The molecule has 0 amide bonds. The lowest BCUT2D eigenvalue weighted by atomic mass is 9.90. The molecule has 49 heavy (non-hydrogen) atoms. The zero-order valence-electron chi connectivity index (χ0n) is 26.5. The third-order valence-electron chi connectivity index (χ3n) is 9.69. The first-order valence-electron chi connectivity index (χ1n) is 16.6. The highest BCUT2D eigenvalue weighted by molar-refractivity contribution is 7.26. The van der Waals surface area contributed by atoms with E-state index in [9.17, 15) is 0 Å². The number of rotatable bonds is 4. The van der Waals surface area contributed by atoms with E-state index in [0.29, 0.717) is 0 Å². The second kappa shape index (κ2) is 11.2. The molecule has 0 saturated heterocycles. The van der Waals surface area contributed by atoms with Gasteiger partial charge in [0.1, 0.15) is 0 Å². The molecule has 2 aromatic heterocycles. The Hall–Kier alpha value is -6.16. The van der Waals surface area contributed by atoms with Crippen LogP contribution >= 0.6 is 11.3 Å². The van der Waals surface area contributed by atoms with Gasteiger partial charge < -0.3 is 0 Å². The lowest BCUT2D eigenvalue weighted by Gasteiger charge is -2.16. The maximum absolute atomic E-state index is 5.35. The van der Waals surface area contributed by atoms with Crippen molar-refractivity contribution in [2.24, 2.45) is 0 Å². The molecule has 0 N–H and O–H groups in total. The first-order valence-corrected chi connectivity index (χ1v) is 17.4. The van der Waals surface area contributed by atoms with E-state index in [1.807, 2.05) is 23.5 Å². The Balaban J connectivity index is 1.31. The Morgan fingerprint density at radius 3 is 1.57 bits per heavy atom. The van der Waals surface area contributed by atoms with Crippen LogP contribution in [0, 0.1) is 0 Å². The molecule has 0 bridgehead atoms. The summed E-state index contributed by atoms with van der Waals surface area (Å²) in [7, 11) is 0. The molecule has 0 saturated carbocycles. The Bertz CT molecular complexity index is 2780. The Morgan fingerprint density at radius 2 is 0.878 bits per heavy atom. The van der Waals surface area contributed by atoms with Gasteiger partial charge in [-0.25, -0.2) is 9.97 Å². The van der Waals surface area contributed by atoms with Crippen LogP contribution in [-0.2, 0) is 0 Å². The number of hydrogen-bond acceptors (Lipinski definition) is 3. The van der Waals surface area contributed by atoms with Gasteiger partial charge in [0.05, 0.1) is 11.4 Å². The molecule has 2 heterocycles. The summed E-state index contributed by atoms with van der Waals surface area (Å²) in [6.45, 7) is 0. The highest BCUT2D eigenvalue weighted by Crippen LogP contribution is 2.46. The van der Waals surface area contributed by atoms with Crippen LogP contribution < -0.4 is 0 Å². The van der Waals surface area contributed by atoms with Crippen molar-refractivity contribution < 1.29 is 0 Å². The minimum absolute atomic E-state index is 0.719. The quantitative estimate of drug-likeness (QED) is 0.179. The van der Waals surface area contributed by atoms with Crippen molar-refractivity contribution in [1.29, 1.82) is 0 Å². The number of nitrogens with zero attached hydrogens (tertiary/aromatic N) is 2. The summed E-state index contributed by atoms with van der Waals surface area (Å²) in [6.07, 6.45) is 0. The van der Waals surface area contributed by atoms with Crippen LogP contribution in [0.3, 0.4) is 0 Å². The fourth-order valence-corrected chi connectivity index (χ4v) is 8.67. The van der Waals surface area contributed by atoms with E-state index in [2.05, 4.69) is 158 Å². The Morgan fingerprint density at radius 1 is 0.347 bits per heavy atom. The maximum atomic E-state index is 5.35. The van der Waals surface area contributed by atoms with E-state index < -0.39 is 0 Å². The van der Waals surface area contributed by atoms with Crippen LogP contribution in [0.5, 0.6) is 0 Å². The van der Waals surface area contributed by atoms with Crippen molar-refractivity contribution in [3.8, 4) is 45.0 Å². The summed E-state index contributed by atoms with van der Waals surface area (Å²) >= 11 is 1.84. The molecule has 0 aliphatic heterocycles. The van der Waals surface area contributed by atoms with Gasteiger partial charge in [0.2, 0.25) is 0 Å². The third kappa shape index (κ3) is 4.55. The Kier molecular flexibility index (Phi) is 6.39. The SMILES string of the molecule is c1ccc(-c2cc(-c3c(-c4ccc5c6ccccc6c6ccccc6c5c4)ccc4c3sc3ccccc34)nc(-c3ccccc3)n2)cc1. The van der Waals surface area contributed by atoms with Crippen LogP contribution in [0.25, 0.3) is 97.5 Å². The largest absolute Gasteiger partial charge is 0.228 e. The van der Waals surface area contributed by atoms with Gasteiger partial charge in [0.15, 0.2) is 5.82 Å².